The van der Waals surface area contributed by atoms with Crippen molar-refractivity contribution < 1.29 is 9.90 Å². The van der Waals surface area contributed by atoms with E-state index >= 15 is 0 Å². The molecule has 1 aromatic rings. The largest absolute Gasteiger partial charge is 0.481 e. The van der Waals surface area contributed by atoms with Gasteiger partial charge in [-0.25, -0.2) is 0 Å². The van der Waals surface area contributed by atoms with Crippen LogP contribution in [0.5, 0.6) is 0 Å². The van der Waals surface area contributed by atoms with Crippen molar-refractivity contribution in [1.82, 2.24) is 4.98 Å². The first-order valence-electron chi connectivity index (χ1n) is 3.92. The van der Waals surface area contributed by atoms with Crippen LogP contribution in [0.3, 0.4) is 0 Å². The molecule has 0 aliphatic heterocycles. The zero-order chi connectivity index (χ0) is 8.55. The smallest absolute Gasteiger partial charge is 0.307 e. The van der Waals surface area contributed by atoms with Crippen molar-refractivity contribution in [3.63, 3.8) is 0 Å². The molecule has 0 aromatic carbocycles. The van der Waals surface area contributed by atoms with E-state index in [-0.39, 0.29) is 24.2 Å². The normalized spacial score (nSPS) is 24.6. The predicted molar refractivity (Wildman–Crippen MR) is 50.0 cm³/mol. The summed E-state index contributed by atoms with van der Waals surface area (Å²) >= 11 is 0. The van der Waals surface area contributed by atoms with Crippen molar-refractivity contribution in [3.8, 4) is 0 Å². The first-order chi connectivity index (χ1) is 5.79. The van der Waals surface area contributed by atoms with Gasteiger partial charge in [0, 0.05) is 12.4 Å². The number of rotatable bonds is 2. The highest BCUT2D eigenvalue weighted by atomic mass is 35.5. The molecule has 0 amide bonds. The van der Waals surface area contributed by atoms with Crippen molar-refractivity contribution in [3.05, 3.63) is 30.1 Å². The third kappa shape index (κ3) is 1.98. The molecule has 1 saturated carbocycles. The monoisotopic (exact) mass is 199 g/mol. The van der Waals surface area contributed by atoms with Crippen molar-refractivity contribution in [2.75, 3.05) is 0 Å². The van der Waals surface area contributed by atoms with Crippen molar-refractivity contribution >= 4 is 18.4 Å². The molecule has 4 heteroatoms. The van der Waals surface area contributed by atoms with E-state index in [2.05, 4.69) is 4.98 Å². The van der Waals surface area contributed by atoms with E-state index in [4.69, 9.17) is 5.11 Å². The summed E-state index contributed by atoms with van der Waals surface area (Å²) in [5.41, 5.74) is 1.09. The van der Waals surface area contributed by atoms with Crippen LogP contribution in [0.4, 0.5) is 0 Å². The van der Waals surface area contributed by atoms with E-state index in [1.165, 1.54) is 0 Å². The van der Waals surface area contributed by atoms with Crippen LogP contribution >= 0.6 is 12.4 Å². The Bertz CT molecular complexity index is 302. The van der Waals surface area contributed by atoms with E-state index in [0.29, 0.717) is 0 Å². The highest BCUT2D eigenvalue weighted by Crippen LogP contribution is 2.47. The van der Waals surface area contributed by atoms with Gasteiger partial charge in [-0.15, -0.1) is 12.4 Å². The molecule has 0 radical (unpaired) electrons. The van der Waals surface area contributed by atoms with Crippen LogP contribution in [0.25, 0.3) is 0 Å². The Morgan fingerprint density at radius 3 is 2.54 bits per heavy atom. The SMILES string of the molecule is Cl.O=C(O)[C@@H]1C[C@@H]1c1ccncc1. The van der Waals surface area contributed by atoms with Gasteiger partial charge in [0.25, 0.3) is 0 Å². The van der Waals surface area contributed by atoms with Gasteiger partial charge < -0.3 is 5.11 Å². The number of hydrogen-bond donors (Lipinski definition) is 1. The van der Waals surface area contributed by atoms with Gasteiger partial charge >= 0.3 is 5.97 Å². The minimum atomic E-state index is -0.684. The second kappa shape index (κ2) is 3.75. The summed E-state index contributed by atoms with van der Waals surface area (Å²) in [6.07, 6.45) is 4.18. The van der Waals surface area contributed by atoms with Crippen LogP contribution in [0.2, 0.25) is 0 Å². The molecule has 0 bridgehead atoms. The Balaban J connectivity index is 0.000000845. The van der Waals surface area contributed by atoms with Gasteiger partial charge in [-0.05, 0) is 30.0 Å². The molecule has 13 heavy (non-hydrogen) atoms. The fraction of sp³-hybridized carbons (Fsp3) is 0.333. The van der Waals surface area contributed by atoms with Gasteiger partial charge in [-0.3, -0.25) is 9.78 Å². The van der Waals surface area contributed by atoms with Crippen LogP contribution in [0, 0.1) is 5.92 Å². The number of carbonyl (C=O) groups is 1. The highest BCUT2D eigenvalue weighted by molar-refractivity contribution is 5.85. The van der Waals surface area contributed by atoms with E-state index in [9.17, 15) is 4.79 Å². The molecule has 1 fully saturated rings. The number of halogens is 1. The van der Waals surface area contributed by atoms with Crippen molar-refractivity contribution in [1.29, 1.82) is 0 Å². The summed E-state index contributed by atoms with van der Waals surface area (Å²) in [5.74, 6) is -0.616. The summed E-state index contributed by atoms with van der Waals surface area (Å²) in [6, 6.07) is 3.77. The average Bonchev–Trinajstić information content (AvgIpc) is 2.84. The summed E-state index contributed by atoms with van der Waals surface area (Å²) in [6.45, 7) is 0. The first-order valence-corrected chi connectivity index (χ1v) is 3.92. The Kier molecular flexibility index (Phi) is 2.88. The number of pyridine rings is 1. The van der Waals surface area contributed by atoms with Gasteiger partial charge in [0.2, 0.25) is 0 Å². The number of carboxylic acid groups (broad SMARTS) is 1. The Morgan fingerprint density at radius 1 is 1.46 bits per heavy atom. The Labute approximate surface area is 82.2 Å². The summed E-state index contributed by atoms with van der Waals surface area (Å²) in [4.78, 5) is 14.4. The lowest BCUT2D eigenvalue weighted by Gasteiger charge is -1.95. The molecule has 2 rings (SSSR count). The molecule has 0 unspecified atom stereocenters. The molecule has 70 valence electrons. The van der Waals surface area contributed by atoms with Gasteiger partial charge in [-0.1, -0.05) is 0 Å². The number of carboxylic acids is 1. The summed E-state index contributed by atoms with van der Waals surface area (Å²) in [5, 5.41) is 8.67. The number of nitrogens with zero attached hydrogens (tertiary/aromatic N) is 1. The summed E-state index contributed by atoms with van der Waals surface area (Å²) in [7, 11) is 0. The van der Waals surface area contributed by atoms with Gasteiger partial charge in [0.05, 0.1) is 5.92 Å². The van der Waals surface area contributed by atoms with Crippen LogP contribution in [-0.4, -0.2) is 16.1 Å². The van der Waals surface area contributed by atoms with Gasteiger partial charge in [-0.2, -0.15) is 0 Å². The molecular weight excluding hydrogens is 190 g/mol. The highest BCUT2D eigenvalue weighted by Gasteiger charge is 2.43. The van der Waals surface area contributed by atoms with Crippen molar-refractivity contribution in [2.45, 2.75) is 12.3 Å². The van der Waals surface area contributed by atoms with Crippen LogP contribution in [-0.2, 0) is 4.79 Å². The van der Waals surface area contributed by atoms with Gasteiger partial charge in [0.15, 0.2) is 0 Å². The Hall–Kier alpha value is -1.09. The third-order valence-electron chi connectivity index (χ3n) is 2.24. The van der Waals surface area contributed by atoms with Crippen LogP contribution in [0.1, 0.15) is 17.9 Å². The topological polar surface area (TPSA) is 50.2 Å². The Morgan fingerprint density at radius 2 is 2.08 bits per heavy atom. The quantitative estimate of drug-likeness (QED) is 0.789. The molecule has 1 aliphatic carbocycles. The zero-order valence-electron chi connectivity index (χ0n) is 6.88. The maximum absolute atomic E-state index is 10.5. The number of aliphatic carboxylic acids is 1. The third-order valence-corrected chi connectivity index (χ3v) is 2.24. The molecule has 1 aliphatic rings. The van der Waals surface area contributed by atoms with Gasteiger partial charge in [0.1, 0.15) is 0 Å². The van der Waals surface area contributed by atoms with E-state index in [1.807, 2.05) is 12.1 Å². The second-order valence-electron chi connectivity index (χ2n) is 3.07. The molecule has 2 atom stereocenters. The maximum atomic E-state index is 10.5. The molecule has 1 N–H and O–H groups in total. The molecule has 3 nitrogen and oxygen atoms in total. The number of aromatic nitrogens is 1. The first kappa shape index (κ1) is 9.99. The lowest BCUT2D eigenvalue weighted by molar-refractivity contribution is -0.138. The minimum Gasteiger partial charge on any atom is -0.481 e. The minimum absolute atomic E-state index is 0. The fourth-order valence-electron chi connectivity index (χ4n) is 1.45. The van der Waals surface area contributed by atoms with Crippen molar-refractivity contribution in [2.24, 2.45) is 5.92 Å². The van der Waals surface area contributed by atoms with E-state index in [1.54, 1.807) is 12.4 Å². The van der Waals surface area contributed by atoms with E-state index < -0.39 is 5.97 Å². The predicted octanol–water partition coefficient (Wildman–Crippen LogP) is 1.69. The molecule has 0 spiro atoms. The molecular formula is C9H10ClNO2. The standard InChI is InChI=1S/C9H9NO2.ClH/c11-9(12)8-5-7(8)6-1-3-10-4-2-6;/h1-4,7-8H,5H2,(H,11,12);1H/t7-,8-;/m1./s1. The van der Waals surface area contributed by atoms with Crippen LogP contribution in [0.15, 0.2) is 24.5 Å². The lowest BCUT2D eigenvalue weighted by Crippen LogP contribution is -1.98. The second-order valence-corrected chi connectivity index (χ2v) is 3.07. The summed E-state index contributed by atoms with van der Waals surface area (Å²) < 4.78 is 0. The van der Waals surface area contributed by atoms with Crippen LogP contribution < -0.4 is 0 Å². The van der Waals surface area contributed by atoms with E-state index in [0.717, 1.165) is 12.0 Å². The number of hydrogen-bond acceptors (Lipinski definition) is 2. The zero-order valence-corrected chi connectivity index (χ0v) is 7.70. The molecule has 1 heterocycles. The fourth-order valence-corrected chi connectivity index (χ4v) is 1.45. The lowest BCUT2D eigenvalue weighted by atomic mass is 10.1. The maximum Gasteiger partial charge on any atom is 0.307 e. The average molecular weight is 200 g/mol. The molecule has 1 aromatic heterocycles. The molecule has 0 saturated heterocycles.